The molecular weight excluding hydrogens is 294 g/mol. The van der Waals surface area contributed by atoms with E-state index in [1.54, 1.807) is 0 Å². The first-order valence-corrected chi connectivity index (χ1v) is 7.99. The first-order valence-electron chi connectivity index (χ1n) is 6.55. The Kier molecular flexibility index (Phi) is 4.25. The molecular formula is C13H15N3O4S. The predicted octanol–water partition coefficient (Wildman–Crippen LogP) is 1.97. The summed E-state index contributed by atoms with van der Waals surface area (Å²) in [5.41, 5.74) is -0.133. The Morgan fingerprint density at radius 1 is 1.43 bits per heavy atom. The van der Waals surface area contributed by atoms with Crippen LogP contribution in [0.4, 0.5) is 5.69 Å². The van der Waals surface area contributed by atoms with Gasteiger partial charge < -0.3 is 0 Å². The Hall–Kier alpha value is -1.98. The Morgan fingerprint density at radius 3 is 2.76 bits per heavy atom. The van der Waals surface area contributed by atoms with E-state index in [2.05, 4.69) is 0 Å². The highest BCUT2D eigenvalue weighted by molar-refractivity contribution is 7.89. The molecule has 1 atom stereocenters. The van der Waals surface area contributed by atoms with Crippen LogP contribution < -0.4 is 0 Å². The van der Waals surface area contributed by atoms with Gasteiger partial charge in [-0.1, -0.05) is 6.07 Å². The Labute approximate surface area is 123 Å². The van der Waals surface area contributed by atoms with Gasteiger partial charge in [-0.2, -0.15) is 9.57 Å². The van der Waals surface area contributed by atoms with E-state index >= 15 is 0 Å². The fourth-order valence-electron chi connectivity index (χ4n) is 2.53. The van der Waals surface area contributed by atoms with Crippen LogP contribution in [0.25, 0.3) is 0 Å². The standard InChI is InChI=1S/C13H15N3O4S/c1-10-12(16(17)18)6-4-7-13(10)21(19,20)15-8-3-2-5-11(15)9-14/h4,6-7,11H,2-3,5,8H2,1H3. The molecule has 0 amide bonds. The fourth-order valence-corrected chi connectivity index (χ4v) is 4.38. The van der Waals surface area contributed by atoms with Crippen molar-refractivity contribution in [3.05, 3.63) is 33.9 Å². The van der Waals surface area contributed by atoms with Gasteiger partial charge in [0, 0.05) is 18.2 Å². The van der Waals surface area contributed by atoms with Crippen LogP contribution in [0.15, 0.2) is 23.1 Å². The molecule has 0 bridgehead atoms. The third-order valence-electron chi connectivity index (χ3n) is 3.64. The molecule has 112 valence electrons. The molecule has 0 saturated carbocycles. The zero-order valence-corrected chi connectivity index (χ0v) is 12.3. The first kappa shape index (κ1) is 15.4. The smallest absolute Gasteiger partial charge is 0.258 e. The minimum absolute atomic E-state index is 0.0983. The minimum Gasteiger partial charge on any atom is -0.258 e. The van der Waals surface area contributed by atoms with Gasteiger partial charge in [-0.3, -0.25) is 10.1 Å². The number of piperidine rings is 1. The quantitative estimate of drug-likeness (QED) is 0.627. The second-order valence-electron chi connectivity index (χ2n) is 4.91. The van der Waals surface area contributed by atoms with Crippen molar-refractivity contribution in [2.24, 2.45) is 0 Å². The third kappa shape index (κ3) is 2.75. The molecule has 7 nitrogen and oxygen atoms in total. The molecule has 1 aliphatic rings. The minimum atomic E-state index is -3.90. The highest BCUT2D eigenvalue weighted by Crippen LogP contribution is 2.30. The monoisotopic (exact) mass is 309 g/mol. The lowest BCUT2D eigenvalue weighted by Gasteiger charge is -2.30. The SMILES string of the molecule is Cc1c([N+](=O)[O-])cccc1S(=O)(=O)N1CCCCC1C#N. The highest BCUT2D eigenvalue weighted by atomic mass is 32.2. The lowest BCUT2D eigenvalue weighted by Crippen LogP contribution is -2.43. The zero-order valence-electron chi connectivity index (χ0n) is 11.5. The molecule has 1 aliphatic heterocycles. The Morgan fingerprint density at radius 2 is 2.14 bits per heavy atom. The molecule has 0 aromatic heterocycles. The number of benzene rings is 1. The van der Waals surface area contributed by atoms with Crippen LogP contribution in [0.3, 0.4) is 0 Å². The van der Waals surface area contributed by atoms with E-state index in [-0.39, 0.29) is 22.7 Å². The first-order chi connectivity index (χ1) is 9.89. The molecule has 2 rings (SSSR count). The number of nitro benzene ring substituents is 1. The number of nitro groups is 1. The normalized spacial score (nSPS) is 19.9. The summed E-state index contributed by atoms with van der Waals surface area (Å²) in [6, 6.07) is 5.26. The van der Waals surface area contributed by atoms with Crippen LogP contribution in [-0.4, -0.2) is 30.2 Å². The Balaban J connectivity index is 2.52. The molecule has 1 unspecified atom stereocenters. The van der Waals surface area contributed by atoms with E-state index in [1.165, 1.54) is 25.1 Å². The van der Waals surface area contributed by atoms with Crippen molar-refractivity contribution in [2.45, 2.75) is 37.1 Å². The summed E-state index contributed by atoms with van der Waals surface area (Å²) in [4.78, 5) is 10.2. The molecule has 0 N–H and O–H groups in total. The van der Waals surface area contributed by atoms with Crippen molar-refractivity contribution in [1.29, 1.82) is 5.26 Å². The average Bonchev–Trinajstić information content (AvgIpc) is 2.46. The average molecular weight is 309 g/mol. The van der Waals surface area contributed by atoms with E-state index in [0.717, 1.165) is 10.7 Å². The van der Waals surface area contributed by atoms with Gasteiger partial charge in [0.25, 0.3) is 5.69 Å². The summed E-state index contributed by atoms with van der Waals surface area (Å²) >= 11 is 0. The molecule has 1 aromatic carbocycles. The number of nitriles is 1. The molecule has 0 radical (unpaired) electrons. The van der Waals surface area contributed by atoms with Crippen molar-refractivity contribution < 1.29 is 13.3 Å². The van der Waals surface area contributed by atoms with Crippen LogP contribution in [0.2, 0.25) is 0 Å². The van der Waals surface area contributed by atoms with E-state index in [9.17, 15) is 18.5 Å². The van der Waals surface area contributed by atoms with Gasteiger partial charge in [-0.15, -0.1) is 0 Å². The fraction of sp³-hybridized carbons (Fsp3) is 0.462. The number of rotatable bonds is 3. The van der Waals surface area contributed by atoms with E-state index in [0.29, 0.717) is 12.8 Å². The van der Waals surface area contributed by atoms with E-state index < -0.39 is 21.0 Å². The summed E-state index contributed by atoms with van der Waals surface area (Å²) in [5, 5.41) is 20.1. The maximum absolute atomic E-state index is 12.7. The zero-order chi connectivity index (χ0) is 15.6. The maximum atomic E-state index is 12.7. The van der Waals surface area contributed by atoms with Gasteiger partial charge >= 0.3 is 0 Å². The van der Waals surface area contributed by atoms with Crippen LogP contribution in [0.1, 0.15) is 24.8 Å². The van der Waals surface area contributed by atoms with Crippen LogP contribution in [-0.2, 0) is 10.0 Å². The summed E-state index contributed by atoms with van der Waals surface area (Å²) in [6.07, 6.45) is 1.98. The van der Waals surface area contributed by atoms with Gasteiger partial charge in [-0.25, -0.2) is 8.42 Å². The lowest BCUT2D eigenvalue weighted by molar-refractivity contribution is -0.385. The van der Waals surface area contributed by atoms with Gasteiger partial charge in [0.05, 0.1) is 15.9 Å². The van der Waals surface area contributed by atoms with Crippen molar-refractivity contribution in [2.75, 3.05) is 6.54 Å². The molecule has 1 aromatic rings. The van der Waals surface area contributed by atoms with Crippen LogP contribution in [0, 0.1) is 28.4 Å². The highest BCUT2D eigenvalue weighted by Gasteiger charge is 2.35. The molecule has 0 aliphatic carbocycles. The van der Waals surface area contributed by atoms with Crippen molar-refractivity contribution >= 4 is 15.7 Å². The largest absolute Gasteiger partial charge is 0.273 e. The summed E-state index contributed by atoms with van der Waals surface area (Å²) in [5.74, 6) is 0. The predicted molar refractivity (Wildman–Crippen MR) is 75.0 cm³/mol. The number of sulfonamides is 1. The second kappa shape index (κ2) is 5.79. The van der Waals surface area contributed by atoms with Crippen molar-refractivity contribution in [3.8, 4) is 6.07 Å². The summed E-state index contributed by atoms with van der Waals surface area (Å²) in [6.45, 7) is 1.68. The number of hydrogen-bond acceptors (Lipinski definition) is 5. The third-order valence-corrected chi connectivity index (χ3v) is 5.69. The van der Waals surface area contributed by atoms with E-state index in [4.69, 9.17) is 5.26 Å². The topological polar surface area (TPSA) is 104 Å². The number of nitrogens with zero attached hydrogens (tertiary/aromatic N) is 3. The molecule has 0 spiro atoms. The van der Waals surface area contributed by atoms with Crippen LogP contribution in [0.5, 0.6) is 0 Å². The summed E-state index contributed by atoms with van der Waals surface area (Å²) in [7, 11) is -3.90. The van der Waals surface area contributed by atoms with Gasteiger partial charge in [0.1, 0.15) is 6.04 Å². The van der Waals surface area contributed by atoms with E-state index in [1.807, 2.05) is 6.07 Å². The molecule has 21 heavy (non-hydrogen) atoms. The molecule has 1 heterocycles. The molecule has 8 heteroatoms. The molecule has 1 fully saturated rings. The molecule has 1 saturated heterocycles. The second-order valence-corrected chi connectivity index (χ2v) is 6.77. The lowest BCUT2D eigenvalue weighted by atomic mass is 10.1. The summed E-state index contributed by atoms with van der Waals surface area (Å²) < 4.78 is 26.6. The number of hydrogen-bond donors (Lipinski definition) is 0. The van der Waals surface area contributed by atoms with Gasteiger partial charge in [0.15, 0.2) is 0 Å². The Bertz CT molecular complexity index is 709. The van der Waals surface area contributed by atoms with Crippen molar-refractivity contribution in [3.63, 3.8) is 0 Å². The van der Waals surface area contributed by atoms with Crippen LogP contribution >= 0.6 is 0 Å². The van der Waals surface area contributed by atoms with Crippen molar-refractivity contribution in [1.82, 2.24) is 4.31 Å². The maximum Gasteiger partial charge on any atom is 0.273 e. The van der Waals surface area contributed by atoms with Gasteiger partial charge in [0.2, 0.25) is 10.0 Å². The van der Waals surface area contributed by atoms with Gasteiger partial charge in [-0.05, 0) is 32.3 Å².